The quantitative estimate of drug-likeness (QED) is 0.600. The topological polar surface area (TPSA) is 64.8 Å². The van der Waals surface area contributed by atoms with Gasteiger partial charge in [-0.2, -0.15) is 0 Å². The highest BCUT2D eigenvalue weighted by Crippen LogP contribution is 2.38. The van der Waals surface area contributed by atoms with Gasteiger partial charge in [0.15, 0.2) is 23.1 Å². The molecule has 0 aliphatic carbocycles. The highest BCUT2D eigenvalue weighted by molar-refractivity contribution is 5.77. The standard InChI is InChI=1S/C25H26N2O4/c1-17-4-6-18(7-5-17)23-16-26-24(31-23)10-11-25(28)27-12-2-3-20(27)19-8-9-21-22(15-19)30-14-13-29-21/h4-9,15-16,20H,2-3,10-14H2,1H3. The maximum Gasteiger partial charge on any atom is 0.223 e. The van der Waals surface area contributed by atoms with Gasteiger partial charge < -0.3 is 18.8 Å². The molecule has 1 aromatic heterocycles. The van der Waals surface area contributed by atoms with Crippen LogP contribution in [0.1, 0.15) is 42.3 Å². The number of amides is 1. The van der Waals surface area contributed by atoms with Crippen LogP contribution >= 0.6 is 0 Å². The summed E-state index contributed by atoms with van der Waals surface area (Å²) in [7, 11) is 0. The number of benzene rings is 2. The third-order valence-electron chi connectivity index (χ3n) is 5.97. The van der Waals surface area contributed by atoms with E-state index in [2.05, 4.69) is 11.9 Å². The third kappa shape index (κ3) is 4.15. The Hall–Kier alpha value is -3.28. The van der Waals surface area contributed by atoms with E-state index < -0.39 is 0 Å². The van der Waals surface area contributed by atoms with E-state index in [4.69, 9.17) is 13.9 Å². The third-order valence-corrected chi connectivity index (χ3v) is 5.97. The monoisotopic (exact) mass is 418 g/mol. The second kappa shape index (κ2) is 8.46. The molecule has 2 aliphatic heterocycles. The minimum absolute atomic E-state index is 0.0796. The van der Waals surface area contributed by atoms with Gasteiger partial charge in [0.05, 0.1) is 12.2 Å². The number of carbonyl (C=O) groups is 1. The molecule has 160 valence electrons. The first-order valence-electron chi connectivity index (χ1n) is 10.9. The molecule has 0 radical (unpaired) electrons. The Morgan fingerprint density at radius 1 is 1.10 bits per heavy atom. The number of likely N-dealkylation sites (tertiary alicyclic amines) is 1. The van der Waals surface area contributed by atoms with Gasteiger partial charge in [-0.25, -0.2) is 4.98 Å². The van der Waals surface area contributed by atoms with Crippen LogP contribution in [0.15, 0.2) is 53.1 Å². The normalized spacial score (nSPS) is 17.7. The molecular formula is C25H26N2O4. The average molecular weight is 418 g/mol. The lowest BCUT2D eigenvalue weighted by Crippen LogP contribution is -2.30. The highest BCUT2D eigenvalue weighted by Gasteiger charge is 2.30. The summed E-state index contributed by atoms with van der Waals surface area (Å²) in [4.78, 5) is 19.4. The molecule has 0 N–H and O–H groups in total. The van der Waals surface area contributed by atoms with Crippen LogP contribution in [0.3, 0.4) is 0 Å². The molecule has 0 bridgehead atoms. The predicted molar refractivity (Wildman–Crippen MR) is 116 cm³/mol. The van der Waals surface area contributed by atoms with Gasteiger partial charge in [0.2, 0.25) is 5.91 Å². The van der Waals surface area contributed by atoms with Crippen LogP contribution in [0.2, 0.25) is 0 Å². The Labute approximate surface area is 181 Å². The molecular weight excluding hydrogens is 392 g/mol. The van der Waals surface area contributed by atoms with Crippen LogP contribution in [-0.4, -0.2) is 35.5 Å². The van der Waals surface area contributed by atoms with Crippen LogP contribution < -0.4 is 9.47 Å². The molecule has 6 heteroatoms. The summed E-state index contributed by atoms with van der Waals surface area (Å²) in [5, 5.41) is 0. The molecule has 2 aromatic carbocycles. The second-order valence-corrected chi connectivity index (χ2v) is 8.13. The largest absolute Gasteiger partial charge is 0.486 e. The van der Waals surface area contributed by atoms with Crippen LogP contribution in [0.25, 0.3) is 11.3 Å². The minimum atomic E-state index is 0.0796. The average Bonchev–Trinajstić information content (AvgIpc) is 3.48. The van der Waals surface area contributed by atoms with Gasteiger partial charge in [0.1, 0.15) is 13.2 Å². The lowest BCUT2D eigenvalue weighted by Gasteiger charge is -2.26. The molecule has 1 amide bonds. The molecule has 0 saturated carbocycles. The van der Waals surface area contributed by atoms with Crippen molar-refractivity contribution in [1.82, 2.24) is 9.88 Å². The van der Waals surface area contributed by atoms with E-state index in [0.717, 1.165) is 47.8 Å². The molecule has 1 unspecified atom stereocenters. The molecule has 1 saturated heterocycles. The molecule has 2 aliphatic rings. The second-order valence-electron chi connectivity index (χ2n) is 8.13. The van der Waals surface area contributed by atoms with Gasteiger partial charge >= 0.3 is 0 Å². The first-order valence-corrected chi connectivity index (χ1v) is 10.9. The van der Waals surface area contributed by atoms with Crippen molar-refractivity contribution in [2.45, 2.75) is 38.6 Å². The van der Waals surface area contributed by atoms with Crippen molar-refractivity contribution in [2.75, 3.05) is 19.8 Å². The van der Waals surface area contributed by atoms with Crippen LogP contribution in [0, 0.1) is 6.92 Å². The fraction of sp³-hybridized carbons (Fsp3) is 0.360. The van der Waals surface area contributed by atoms with E-state index in [9.17, 15) is 4.79 Å². The zero-order valence-electron chi connectivity index (χ0n) is 17.7. The maximum absolute atomic E-state index is 13.0. The van der Waals surface area contributed by atoms with Gasteiger partial charge in [-0.3, -0.25) is 4.79 Å². The van der Waals surface area contributed by atoms with Crippen LogP contribution in [0.5, 0.6) is 11.5 Å². The summed E-state index contributed by atoms with van der Waals surface area (Å²) in [6.45, 7) is 3.97. The first kappa shape index (κ1) is 19.7. The van der Waals surface area contributed by atoms with Crippen molar-refractivity contribution in [3.63, 3.8) is 0 Å². The number of ether oxygens (including phenoxy) is 2. The molecule has 0 spiro atoms. The van der Waals surface area contributed by atoms with E-state index in [1.165, 1.54) is 5.56 Å². The fourth-order valence-electron chi connectivity index (χ4n) is 4.31. The van der Waals surface area contributed by atoms with Gasteiger partial charge in [0.25, 0.3) is 0 Å². The van der Waals surface area contributed by atoms with Crippen LogP contribution in [0.4, 0.5) is 0 Å². The highest BCUT2D eigenvalue weighted by atomic mass is 16.6. The Balaban J connectivity index is 1.23. The number of fused-ring (bicyclic) bond motifs is 1. The maximum atomic E-state index is 13.0. The minimum Gasteiger partial charge on any atom is -0.486 e. The molecule has 3 heterocycles. The van der Waals surface area contributed by atoms with E-state index in [0.29, 0.717) is 31.9 Å². The number of hydrogen-bond donors (Lipinski definition) is 0. The Morgan fingerprint density at radius 3 is 2.74 bits per heavy atom. The zero-order chi connectivity index (χ0) is 21.2. The van der Waals surface area contributed by atoms with E-state index >= 15 is 0 Å². The number of oxazole rings is 1. The Morgan fingerprint density at radius 2 is 1.90 bits per heavy atom. The smallest absolute Gasteiger partial charge is 0.223 e. The van der Waals surface area contributed by atoms with Crippen LogP contribution in [-0.2, 0) is 11.2 Å². The van der Waals surface area contributed by atoms with Crippen molar-refractivity contribution in [2.24, 2.45) is 0 Å². The summed E-state index contributed by atoms with van der Waals surface area (Å²) in [5.74, 6) is 3.01. The van der Waals surface area contributed by atoms with E-state index in [1.807, 2.05) is 47.4 Å². The van der Waals surface area contributed by atoms with Crippen molar-refractivity contribution >= 4 is 5.91 Å². The lowest BCUT2D eigenvalue weighted by atomic mass is 10.0. The summed E-state index contributed by atoms with van der Waals surface area (Å²) in [6, 6.07) is 14.2. The van der Waals surface area contributed by atoms with Crippen molar-refractivity contribution in [3.8, 4) is 22.8 Å². The predicted octanol–water partition coefficient (Wildman–Crippen LogP) is 4.72. The number of aryl methyl sites for hydroxylation is 2. The first-order chi connectivity index (χ1) is 15.2. The molecule has 31 heavy (non-hydrogen) atoms. The van der Waals surface area contributed by atoms with Crippen molar-refractivity contribution in [1.29, 1.82) is 0 Å². The van der Waals surface area contributed by atoms with Crippen molar-refractivity contribution < 1.29 is 18.7 Å². The summed E-state index contributed by atoms with van der Waals surface area (Å²) < 4.78 is 17.2. The Bertz CT molecular complexity index is 1070. The number of carbonyl (C=O) groups excluding carboxylic acids is 1. The molecule has 1 atom stereocenters. The number of hydrogen-bond acceptors (Lipinski definition) is 5. The SMILES string of the molecule is Cc1ccc(-c2cnc(CCC(=O)N3CCCC3c3ccc4c(c3)OCCO4)o2)cc1. The molecule has 3 aromatic rings. The molecule has 5 rings (SSSR count). The molecule has 6 nitrogen and oxygen atoms in total. The fourth-order valence-corrected chi connectivity index (χ4v) is 4.31. The Kier molecular flexibility index (Phi) is 5.37. The number of aromatic nitrogens is 1. The summed E-state index contributed by atoms with van der Waals surface area (Å²) >= 11 is 0. The zero-order valence-corrected chi connectivity index (χ0v) is 17.7. The van der Waals surface area contributed by atoms with Crippen molar-refractivity contribution in [3.05, 3.63) is 65.7 Å². The lowest BCUT2D eigenvalue weighted by molar-refractivity contribution is -0.132. The van der Waals surface area contributed by atoms with Gasteiger partial charge in [-0.15, -0.1) is 0 Å². The van der Waals surface area contributed by atoms with Gasteiger partial charge in [0, 0.05) is 24.9 Å². The van der Waals surface area contributed by atoms with Gasteiger partial charge in [-0.05, 0) is 37.5 Å². The van der Waals surface area contributed by atoms with Gasteiger partial charge in [-0.1, -0.05) is 35.9 Å². The number of nitrogens with zero attached hydrogens (tertiary/aromatic N) is 2. The number of rotatable bonds is 5. The molecule has 1 fully saturated rings. The van der Waals surface area contributed by atoms with E-state index in [-0.39, 0.29) is 11.9 Å². The summed E-state index contributed by atoms with van der Waals surface area (Å²) in [5.41, 5.74) is 3.30. The summed E-state index contributed by atoms with van der Waals surface area (Å²) in [6.07, 6.45) is 4.58. The van der Waals surface area contributed by atoms with E-state index in [1.54, 1.807) is 6.20 Å².